The van der Waals surface area contributed by atoms with Crippen molar-refractivity contribution in [2.45, 2.75) is 31.6 Å². The van der Waals surface area contributed by atoms with Crippen LogP contribution in [-0.2, 0) is 0 Å². The molecule has 1 aromatic rings. The zero-order valence-corrected chi connectivity index (χ0v) is 11.9. The molecule has 0 heterocycles. The SMILES string of the molecule is CCCC(CBr)CSc1cccc(C)c1. The van der Waals surface area contributed by atoms with Crippen LogP contribution < -0.4 is 0 Å². The largest absolute Gasteiger partial charge is 0.126 e. The van der Waals surface area contributed by atoms with Crippen LogP contribution in [0.15, 0.2) is 29.2 Å². The maximum atomic E-state index is 3.59. The normalized spacial score (nSPS) is 12.7. The molecule has 0 aromatic heterocycles. The smallest absolute Gasteiger partial charge is 0.00746 e. The first kappa shape index (κ1) is 13.1. The Bertz CT molecular complexity index is 286. The minimum atomic E-state index is 0.806. The molecular weight excluding hydrogens is 268 g/mol. The lowest BCUT2D eigenvalue weighted by molar-refractivity contribution is 0.597. The molecule has 1 unspecified atom stereocenters. The van der Waals surface area contributed by atoms with E-state index in [0.717, 1.165) is 11.2 Å². The molecule has 0 saturated carbocycles. The Balaban J connectivity index is 2.41. The summed E-state index contributed by atoms with van der Waals surface area (Å²) >= 11 is 5.57. The summed E-state index contributed by atoms with van der Waals surface area (Å²) in [5.41, 5.74) is 1.35. The molecule has 0 fully saturated rings. The van der Waals surface area contributed by atoms with Crippen molar-refractivity contribution in [3.63, 3.8) is 0 Å². The molecule has 2 heteroatoms. The summed E-state index contributed by atoms with van der Waals surface area (Å²) in [6.07, 6.45) is 2.61. The van der Waals surface area contributed by atoms with Gasteiger partial charge in [-0.15, -0.1) is 11.8 Å². The molecule has 0 aliphatic heterocycles. The van der Waals surface area contributed by atoms with Crippen molar-refractivity contribution in [1.82, 2.24) is 0 Å². The van der Waals surface area contributed by atoms with E-state index in [-0.39, 0.29) is 0 Å². The third kappa shape index (κ3) is 5.07. The number of halogens is 1. The summed E-state index contributed by atoms with van der Waals surface area (Å²) in [5, 5.41) is 1.12. The van der Waals surface area contributed by atoms with Crippen LogP contribution in [0.2, 0.25) is 0 Å². The fourth-order valence-corrected chi connectivity index (χ4v) is 3.54. The van der Waals surface area contributed by atoms with Crippen LogP contribution in [0, 0.1) is 12.8 Å². The predicted molar refractivity (Wildman–Crippen MR) is 74.1 cm³/mol. The van der Waals surface area contributed by atoms with E-state index in [0.29, 0.717) is 0 Å². The predicted octanol–water partition coefficient (Wildman–Crippen LogP) is 4.90. The molecule has 15 heavy (non-hydrogen) atoms. The van der Waals surface area contributed by atoms with E-state index in [9.17, 15) is 0 Å². The highest BCUT2D eigenvalue weighted by molar-refractivity contribution is 9.09. The van der Waals surface area contributed by atoms with Crippen molar-refractivity contribution in [2.75, 3.05) is 11.1 Å². The number of rotatable bonds is 6. The van der Waals surface area contributed by atoms with Crippen molar-refractivity contribution < 1.29 is 0 Å². The Hall–Kier alpha value is 0.0500. The van der Waals surface area contributed by atoms with Crippen LogP contribution in [0.5, 0.6) is 0 Å². The fraction of sp³-hybridized carbons (Fsp3) is 0.538. The average Bonchev–Trinajstić information content (AvgIpc) is 2.24. The molecule has 0 aliphatic carbocycles. The first-order chi connectivity index (χ1) is 7.26. The molecule has 0 spiro atoms. The Labute approximate surface area is 106 Å². The van der Waals surface area contributed by atoms with Crippen LogP contribution in [-0.4, -0.2) is 11.1 Å². The van der Waals surface area contributed by atoms with Crippen LogP contribution in [0.3, 0.4) is 0 Å². The highest BCUT2D eigenvalue weighted by Crippen LogP contribution is 2.24. The molecule has 1 rings (SSSR count). The number of thioether (sulfide) groups is 1. The molecule has 1 aromatic carbocycles. The molecular formula is C13H19BrS. The summed E-state index contributed by atoms with van der Waals surface area (Å²) in [7, 11) is 0. The van der Waals surface area contributed by atoms with Gasteiger partial charge < -0.3 is 0 Å². The molecule has 0 N–H and O–H groups in total. The third-order valence-electron chi connectivity index (χ3n) is 2.39. The molecule has 0 radical (unpaired) electrons. The van der Waals surface area contributed by atoms with Gasteiger partial charge in [-0.1, -0.05) is 47.0 Å². The maximum absolute atomic E-state index is 3.59. The van der Waals surface area contributed by atoms with Gasteiger partial charge in [-0.25, -0.2) is 0 Å². The van der Waals surface area contributed by atoms with Gasteiger partial charge in [0.1, 0.15) is 0 Å². The van der Waals surface area contributed by atoms with Crippen molar-refractivity contribution in [2.24, 2.45) is 5.92 Å². The zero-order valence-electron chi connectivity index (χ0n) is 9.50. The molecule has 0 bridgehead atoms. The van der Waals surface area contributed by atoms with E-state index in [4.69, 9.17) is 0 Å². The summed E-state index contributed by atoms with van der Waals surface area (Å²) in [4.78, 5) is 1.40. The summed E-state index contributed by atoms with van der Waals surface area (Å²) in [5.74, 6) is 2.03. The molecule has 84 valence electrons. The monoisotopic (exact) mass is 286 g/mol. The molecule has 1 atom stereocenters. The Kier molecular flexibility index (Phi) is 6.42. The number of hydrogen-bond donors (Lipinski definition) is 0. The van der Waals surface area contributed by atoms with E-state index in [1.54, 1.807) is 0 Å². The molecule has 0 saturated heterocycles. The summed E-state index contributed by atoms with van der Waals surface area (Å²) < 4.78 is 0. The number of benzene rings is 1. The lowest BCUT2D eigenvalue weighted by Gasteiger charge is -2.12. The lowest BCUT2D eigenvalue weighted by Crippen LogP contribution is -2.04. The van der Waals surface area contributed by atoms with Gasteiger partial charge in [0, 0.05) is 16.0 Å². The molecule has 0 aliphatic rings. The van der Waals surface area contributed by atoms with Crippen LogP contribution >= 0.6 is 27.7 Å². The summed E-state index contributed by atoms with van der Waals surface area (Å²) in [6, 6.07) is 8.76. The Morgan fingerprint density at radius 1 is 1.40 bits per heavy atom. The molecule has 0 amide bonds. The zero-order chi connectivity index (χ0) is 11.1. The van der Waals surface area contributed by atoms with Gasteiger partial charge in [0.05, 0.1) is 0 Å². The van der Waals surface area contributed by atoms with Gasteiger partial charge in [-0.2, -0.15) is 0 Å². The highest BCUT2D eigenvalue weighted by atomic mass is 79.9. The first-order valence-electron chi connectivity index (χ1n) is 5.51. The average molecular weight is 287 g/mol. The fourth-order valence-electron chi connectivity index (χ4n) is 1.53. The second-order valence-electron chi connectivity index (χ2n) is 3.94. The van der Waals surface area contributed by atoms with Crippen molar-refractivity contribution in [3.8, 4) is 0 Å². The maximum Gasteiger partial charge on any atom is 0.00746 e. The highest BCUT2D eigenvalue weighted by Gasteiger charge is 2.06. The van der Waals surface area contributed by atoms with E-state index in [2.05, 4.69) is 54.0 Å². The van der Waals surface area contributed by atoms with Gasteiger partial charge in [-0.3, -0.25) is 0 Å². The van der Waals surface area contributed by atoms with Gasteiger partial charge in [0.25, 0.3) is 0 Å². The van der Waals surface area contributed by atoms with Gasteiger partial charge in [0.15, 0.2) is 0 Å². The van der Waals surface area contributed by atoms with Gasteiger partial charge >= 0.3 is 0 Å². The summed E-state index contributed by atoms with van der Waals surface area (Å²) in [6.45, 7) is 4.41. The second-order valence-corrected chi connectivity index (χ2v) is 5.68. The van der Waals surface area contributed by atoms with E-state index in [1.807, 2.05) is 11.8 Å². The van der Waals surface area contributed by atoms with E-state index < -0.39 is 0 Å². The van der Waals surface area contributed by atoms with Gasteiger partial charge in [0.2, 0.25) is 0 Å². The Morgan fingerprint density at radius 2 is 2.20 bits per heavy atom. The lowest BCUT2D eigenvalue weighted by atomic mass is 10.1. The Morgan fingerprint density at radius 3 is 2.80 bits per heavy atom. The molecule has 0 nitrogen and oxygen atoms in total. The minimum Gasteiger partial charge on any atom is -0.126 e. The first-order valence-corrected chi connectivity index (χ1v) is 7.62. The van der Waals surface area contributed by atoms with Gasteiger partial charge in [-0.05, 0) is 31.4 Å². The number of aryl methyl sites for hydroxylation is 1. The standard InChI is InChI=1S/C13H19BrS/c1-3-5-12(9-14)10-15-13-7-4-6-11(2)8-13/h4,6-8,12H,3,5,9-10H2,1-2H3. The quantitative estimate of drug-likeness (QED) is 0.530. The second kappa shape index (κ2) is 7.34. The van der Waals surface area contributed by atoms with E-state index in [1.165, 1.54) is 29.1 Å². The van der Waals surface area contributed by atoms with Crippen molar-refractivity contribution in [1.29, 1.82) is 0 Å². The minimum absolute atomic E-state index is 0.806. The number of hydrogen-bond acceptors (Lipinski definition) is 1. The van der Waals surface area contributed by atoms with Crippen LogP contribution in [0.4, 0.5) is 0 Å². The number of alkyl halides is 1. The topological polar surface area (TPSA) is 0 Å². The van der Waals surface area contributed by atoms with Crippen molar-refractivity contribution in [3.05, 3.63) is 29.8 Å². The van der Waals surface area contributed by atoms with Crippen molar-refractivity contribution >= 4 is 27.7 Å². The third-order valence-corrected chi connectivity index (χ3v) is 4.53. The van der Waals surface area contributed by atoms with Crippen LogP contribution in [0.25, 0.3) is 0 Å². The van der Waals surface area contributed by atoms with E-state index >= 15 is 0 Å². The van der Waals surface area contributed by atoms with Crippen LogP contribution in [0.1, 0.15) is 25.3 Å².